The van der Waals surface area contributed by atoms with E-state index in [9.17, 15) is 13.2 Å². The van der Waals surface area contributed by atoms with Gasteiger partial charge in [-0.05, 0) is 18.1 Å². The Morgan fingerprint density at radius 3 is 2.60 bits per heavy atom. The summed E-state index contributed by atoms with van der Waals surface area (Å²) < 4.78 is 30.9. The second kappa shape index (κ2) is 9.17. The van der Waals surface area contributed by atoms with Gasteiger partial charge in [0, 0.05) is 0 Å². The number of carbonyl (C=O) groups is 1. The number of morpholine rings is 1. The summed E-state index contributed by atoms with van der Waals surface area (Å²) in [6.45, 7) is 6.49. The predicted octanol–water partition coefficient (Wildman–Crippen LogP) is -0.954. The smallest absolute Gasteiger partial charge is 0.240 e. The normalized spacial score (nSPS) is 15.8. The van der Waals surface area contributed by atoms with Crippen LogP contribution in [0.15, 0.2) is 24.3 Å². The van der Waals surface area contributed by atoms with Crippen molar-refractivity contribution in [1.29, 1.82) is 0 Å². The molecule has 1 aliphatic rings. The van der Waals surface area contributed by atoms with Crippen LogP contribution in [-0.2, 0) is 26.0 Å². The van der Waals surface area contributed by atoms with Gasteiger partial charge in [-0.2, -0.15) is 0 Å². The summed E-state index contributed by atoms with van der Waals surface area (Å²) in [6.07, 6.45) is 1.83. The molecule has 1 aliphatic heterocycles. The van der Waals surface area contributed by atoms with Crippen LogP contribution in [-0.4, -0.2) is 66.5 Å². The maximum absolute atomic E-state index is 12.3. The highest BCUT2D eigenvalue weighted by Crippen LogP contribution is 2.23. The first-order valence-electron chi connectivity index (χ1n) is 8.65. The van der Waals surface area contributed by atoms with Gasteiger partial charge in [0.15, 0.2) is 0 Å². The first-order chi connectivity index (χ1) is 11.9. The topological polar surface area (TPSA) is 80.2 Å². The van der Waals surface area contributed by atoms with Gasteiger partial charge in [0.25, 0.3) is 0 Å². The third kappa shape index (κ3) is 5.98. The molecule has 8 heteroatoms. The van der Waals surface area contributed by atoms with Gasteiger partial charge in [0.1, 0.15) is 19.6 Å². The van der Waals surface area contributed by atoms with Gasteiger partial charge >= 0.3 is 0 Å². The number of aryl methyl sites for hydroxylation is 1. The fraction of sp³-hybridized carbons (Fsp3) is 0.588. The second-order valence-corrected chi connectivity index (χ2v) is 8.12. The molecular weight excluding hydrogens is 342 g/mol. The molecule has 0 spiro atoms. The fourth-order valence-electron chi connectivity index (χ4n) is 2.91. The number of carbonyl (C=O) groups excluding carboxylic acids is 1. The minimum absolute atomic E-state index is 0.200. The van der Waals surface area contributed by atoms with Crippen LogP contribution < -0.4 is 14.5 Å². The summed E-state index contributed by atoms with van der Waals surface area (Å²) in [7, 11) is -3.54. The molecule has 0 bridgehead atoms. The van der Waals surface area contributed by atoms with E-state index >= 15 is 0 Å². The molecule has 0 aliphatic carbocycles. The van der Waals surface area contributed by atoms with E-state index in [1.807, 2.05) is 19.1 Å². The highest BCUT2D eigenvalue weighted by Gasteiger charge is 2.23. The van der Waals surface area contributed by atoms with Crippen molar-refractivity contribution in [3.05, 3.63) is 29.8 Å². The Bertz CT molecular complexity index is 672. The minimum atomic E-state index is -3.54. The van der Waals surface area contributed by atoms with Crippen molar-refractivity contribution >= 4 is 21.6 Å². The molecule has 1 fully saturated rings. The van der Waals surface area contributed by atoms with Gasteiger partial charge in [-0.3, -0.25) is 9.10 Å². The molecule has 1 aromatic carbocycles. The molecule has 1 amide bonds. The average Bonchev–Trinajstić information content (AvgIpc) is 2.59. The molecule has 0 saturated carbocycles. The zero-order chi connectivity index (χ0) is 18.3. The summed E-state index contributed by atoms with van der Waals surface area (Å²) in [6, 6.07) is 7.28. The maximum atomic E-state index is 12.3. The lowest BCUT2D eigenvalue weighted by Gasteiger charge is -2.25. The molecule has 2 rings (SSSR count). The molecule has 1 aromatic rings. The lowest BCUT2D eigenvalue weighted by Crippen LogP contribution is -3.14. The third-order valence-electron chi connectivity index (χ3n) is 4.33. The number of quaternary nitrogens is 1. The van der Waals surface area contributed by atoms with E-state index < -0.39 is 10.0 Å². The van der Waals surface area contributed by atoms with E-state index in [4.69, 9.17) is 4.74 Å². The minimum Gasteiger partial charge on any atom is -0.370 e. The number of anilines is 1. The number of ether oxygens (including phenoxy) is 1. The van der Waals surface area contributed by atoms with E-state index in [0.717, 1.165) is 44.7 Å². The highest BCUT2D eigenvalue weighted by atomic mass is 32.2. The predicted molar refractivity (Wildman–Crippen MR) is 97.4 cm³/mol. The number of hydrogen-bond donors (Lipinski definition) is 2. The number of benzene rings is 1. The standard InChI is InChI=1S/C17H27N3O4S/c1-3-15-6-4-5-7-16(15)20(25(2,22)23)14-17(21)18-8-9-19-10-12-24-13-11-19/h4-7H,3,8-14H2,1-2H3,(H,18,21)/p+1. The number of para-hydroxylation sites is 1. The van der Waals surface area contributed by atoms with Crippen LogP contribution in [0.3, 0.4) is 0 Å². The van der Waals surface area contributed by atoms with Gasteiger partial charge in [0.2, 0.25) is 15.9 Å². The summed E-state index contributed by atoms with van der Waals surface area (Å²) >= 11 is 0. The Morgan fingerprint density at radius 1 is 1.28 bits per heavy atom. The average molecular weight is 370 g/mol. The Labute approximate surface area is 150 Å². The molecule has 2 N–H and O–H groups in total. The van der Waals surface area contributed by atoms with Gasteiger partial charge in [0.05, 0.1) is 38.2 Å². The zero-order valence-corrected chi connectivity index (χ0v) is 15.8. The monoisotopic (exact) mass is 370 g/mol. The summed E-state index contributed by atoms with van der Waals surface area (Å²) in [5, 5.41) is 2.83. The third-order valence-corrected chi connectivity index (χ3v) is 5.46. The van der Waals surface area contributed by atoms with Crippen LogP contribution in [0.4, 0.5) is 5.69 Å². The quantitative estimate of drug-likeness (QED) is 0.618. The van der Waals surface area contributed by atoms with Crippen molar-refractivity contribution in [2.24, 2.45) is 0 Å². The van der Waals surface area contributed by atoms with E-state index in [2.05, 4.69) is 5.32 Å². The molecule has 0 unspecified atom stereocenters. The highest BCUT2D eigenvalue weighted by molar-refractivity contribution is 7.92. The zero-order valence-electron chi connectivity index (χ0n) is 15.0. The van der Waals surface area contributed by atoms with E-state index in [1.165, 1.54) is 9.21 Å². The maximum Gasteiger partial charge on any atom is 0.240 e. The number of nitrogens with zero attached hydrogens (tertiary/aromatic N) is 1. The van der Waals surface area contributed by atoms with Crippen molar-refractivity contribution in [2.45, 2.75) is 13.3 Å². The Morgan fingerprint density at radius 2 is 1.96 bits per heavy atom. The van der Waals surface area contributed by atoms with Gasteiger partial charge in [-0.15, -0.1) is 0 Å². The molecule has 0 atom stereocenters. The fourth-order valence-corrected chi connectivity index (χ4v) is 3.80. The SMILES string of the molecule is CCc1ccccc1N(CC(=O)NCC[NH+]1CCOCC1)S(C)(=O)=O. The van der Waals surface area contributed by atoms with E-state index in [-0.39, 0.29) is 12.5 Å². The van der Waals surface area contributed by atoms with Crippen molar-refractivity contribution in [1.82, 2.24) is 5.32 Å². The molecule has 25 heavy (non-hydrogen) atoms. The molecule has 1 saturated heterocycles. The second-order valence-electron chi connectivity index (χ2n) is 6.21. The molecule has 1 heterocycles. The lowest BCUT2D eigenvalue weighted by atomic mass is 10.1. The van der Waals surface area contributed by atoms with Crippen molar-refractivity contribution in [3.63, 3.8) is 0 Å². The van der Waals surface area contributed by atoms with Crippen molar-refractivity contribution in [3.8, 4) is 0 Å². The molecule has 0 radical (unpaired) electrons. The Kier molecular flexibility index (Phi) is 7.22. The first-order valence-corrected chi connectivity index (χ1v) is 10.5. The van der Waals surface area contributed by atoms with Crippen molar-refractivity contribution in [2.75, 3.05) is 56.5 Å². The number of rotatable bonds is 8. The lowest BCUT2D eigenvalue weighted by molar-refractivity contribution is -0.906. The molecule has 0 aromatic heterocycles. The largest absolute Gasteiger partial charge is 0.370 e. The summed E-state index contributed by atoms with van der Waals surface area (Å²) in [4.78, 5) is 13.7. The van der Waals surface area contributed by atoms with E-state index in [1.54, 1.807) is 12.1 Å². The number of sulfonamides is 1. The van der Waals surface area contributed by atoms with Crippen LogP contribution in [0, 0.1) is 0 Å². The molecule has 7 nitrogen and oxygen atoms in total. The Balaban J connectivity index is 1.96. The number of nitrogens with one attached hydrogen (secondary N) is 2. The van der Waals surface area contributed by atoms with Crippen LogP contribution in [0.1, 0.15) is 12.5 Å². The first kappa shape index (κ1) is 19.7. The molecule has 140 valence electrons. The Hall–Kier alpha value is -1.64. The number of hydrogen-bond acceptors (Lipinski definition) is 4. The van der Waals surface area contributed by atoms with Crippen LogP contribution >= 0.6 is 0 Å². The van der Waals surface area contributed by atoms with Crippen LogP contribution in [0.25, 0.3) is 0 Å². The van der Waals surface area contributed by atoms with Crippen molar-refractivity contribution < 1.29 is 22.8 Å². The van der Waals surface area contributed by atoms with Crippen LogP contribution in [0.5, 0.6) is 0 Å². The number of amides is 1. The van der Waals surface area contributed by atoms with Gasteiger partial charge in [-0.25, -0.2) is 8.42 Å². The summed E-state index contributed by atoms with van der Waals surface area (Å²) in [5.41, 5.74) is 1.47. The summed E-state index contributed by atoms with van der Waals surface area (Å²) in [5.74, 6) is -0.288. The molecular formula is C17H28N3O4S+. The van der Waals surface area contributed by atoms with E-state index in [0.29, 0.717) is 18.7 Å². The van der Waals surface area contributed by atoms with Gasteiger partial charge in [-0.1, -0.05) is 25.1 Å². The van der Waals surface area contributed by atoms with Crippen LogP contribution in [0.2, 0.25) is 0 Å². The van der Waals surface area contributed by atoms with Gasteiger partial charge < -0.3 is 15.0 Å².